The zero-order valence-corrected chi connectivity index (χ0v) is 18.9. The van der Waals surface area contributed by atoms with E-state index in [2.05, 4.69) is 10.6 Å². The van der Waals surface area contributed by atoms with Gasteiger partial charge in [-0.2, -0.15) is 0 Å². The van der Waals surface area contributed by atoms with Crippen molar-refractivity contribution in [2.45, 2.75) is 13.0 Å². The van der Waals surface area contributed by atoms with Gasteiger partial charge in [0.05, 0.1) is 23.9 Å². The van der Waals surface area contributed by atoms with Crippen molar-refractivity contribution in [2.75, 3.05) is 6.61 Å². The van der Waals surface area contributed by atoms with Gasteiger partial charge in [0.2, 0.25) is 0 Å². The number of carbonyl (C=O) groups is 1. The van der Waals surface area contributed by atoms with Gasteiger partial charge in [0.1, 0.15) is 11.5 Å². The molecule has 1 aliphatic heterocycles. The highest BCUT2D eigenvalue weighted by Gasteiger charge is 2.33. The van der Waals surface area contributed by atoms with Crippen molar-refractivity contribution >= 4 is 40.6 Å². The first kappa shape index (κ1) is 21.9. The molecule has 0 saturated carbocycles. The van der Waals surface area contributed by atoms with Crippen molar-refractivity contribution in [3.8, 4) is 11.5 Å². The lowest BCUT2D eigenvalue weighted by molar-refractivity contribution is -0.138. The maximum atomic E-state index is 13.0. The molecule has 0 amide bonds. The maximum absolute atomic E-state index is 13.0. The van der Waals surface area contributed by atoms with E-state index in [1.54, 1.807) is 31.2 Å². The smallest absolute Gasteiger partial charge is 0.338 e. The Bertz CT molecular complexity index is 1160. The molecule has 3 aromatic rings. The first-order valence-corrected chi connectivity index (χ1v) is 10.9. The van der Waals surface area contributed by atoms with Crippen molar-refractivity contribution in [1.82, 2.24) is 10.6 Å². The van der Waals surface area contributed by atoms with Crippen LogP contribution in [0.5, 0.6) is 11.5 Å². The number of halogens is 1. The number of thiocarbonyl (C=S) groups is 1. The second-order valence-electron chi connectivity index (χ2n) is 7.04. The molecule has 5 nitrogen and oxygen atoms in total. The summed E-state index contributed by atoms with van der Waals surface area (Å²) in [6.07, 6.45) is 0. The second kappa shape index (κ2) is 9.85. The van der Waals surface area contributed by atoms with Crippen LogP contribution < -0.4 is 15.4 Å². The fourth-order valence-corrected chi connectivity index (χ4v) is 3.82. The van der Waals surface area contributed by atoms with Crippen LogP contribution in [0.15, 0.2) is 84.4 Å². The van der Waals surface area contributed by atoms with Crippen LogP contribution in [-0.4, -0.2) is 17.7 Å². The molecule has 0 aromatic heterocycles. The molecule has 4 rings (SSSR count). The summed E-state index contributed by atoms with van der Waals surface area (Å²) < 4.78 is 11.4. The molecule has 2 N–H and O–H groups in total. The number of rotatable bonds is 6. The monoisotopic (exact) mass is 464 g/mol. The number of hydrogen-bond acceptors (Lipinski definition) is 4. The van der Waals surface area contributed by atoms with Gasteiger partial charge in [-0.25, -0.2) is 4.79 Å². The van der Waals surface area contributed by atoms with Crippen molar-refractivity contribution in [2.24, 2.45) is 0 Å². The molecule has 0 bridgehead atoms. The Kier molecular flexibility index (Phi) is 6.73. The van der Waals surface area contributed by atoms with Gasteiger partial charge < -0.3 is 20.1 Å². The Labute approximate surface area is 197 Å². The summed E-state index contributed by atoms with van der Waals surface area (Å²) >= 11 is 11.4. The quantitative estimate of drug-likeness (QED) is 0.364. The maximum Gasteiger partial charge on any atom is 0.338 e. The standard InChI is InChI=1S/C25H21ClN2O3S/c1-2-30-24(29)21-22(16-7-4-3-5-8-16)27-25(32)28-23(21)17-9-6-10-20(15-17)31-19-13-11-18(26)12-14-19/h3-15,23H,2H2,1H3,(H2,27,28,32). The van der Waals surface area contributed by atoms with Gasteiger partial charge in [0, 0.05) is 5.02 Å². The fraction of sp³-hybridized carbons (Fsp3) is 0.120. The summed E-state index contributed by atoms with van der Waals surface area (Å²) in [6.45, 7) is 2.05. The fourth-order valence-electron chi connectivity index (χ4n) is 3.47. The van der Waals surface area contributed by atoms with Crippen molar-refractivity contribution < 1.29 is 14.3 Å². The van der Waals surface area contributed by atoms with Gasteiger partial charge in [-0.3, -0.25) is 0 Å². The van der Waals surface area contributed by atoms with Gasteiger partial charge in [-0.15, -0.1) is 0 Å². The number of ether oxygens (including phenoxy) is 2. The molecule has 162 valence electrons. The molecule has 1 unspecified atom stereocenters. The van der Waals surface area contributed by atoms with Gasteiger partial charge in [-0.1, -0.05) is 54.1 Å². The van der Waals surface area contributed by atoms with Crippen LogP contribution in [0.3, 0.4) is 0 Å². The van der Waals surface area contributed by atoms with Gasteiger partial charge in [0.25, 0.3) is 0 Å². The molecule has 1 aliphatic rings. The lowest BCUT2D eigenvalue weighted by atomic mass is 9.92. The molecule has 0 spiro atoms. The third-order valence-corrected chi connectivity index (χ3v) is 5.34. The Morgan fingerprint density at radius 2 is 1.75 bits per heavy atom. The zero-order valence-electron chi connectivity index (χ0n) is 17.3. The number of hydrogen-bond donors (Lipinski definition) is 2. The topological polar surface area (TPSA) is 59.6 Å². The van der Waals surface area contributed by atoms with Crippen molar-refractivity contribution in [1.29, 1.82) is 0 Å². The van der Waals surface area contributed by atoms with Crippen LogP contribution in [0.25, 0.3) is 5.70 Å². The molecule has 0 radical (unpaired) electrons. The van der Waals surface area contributed by atoms with E-state index in [4.69, 9.17) is 33.3 Å². The predicted molar refractivity (Wildman–Crippen MR) is 130 cm³/mol. The van der Waals surface area contributed by atoms with Crippen LogP contribution in [0.1, 0.15) is 24.1 Å². The third-order valence-electron chi connectivity index (χ3n) is 4.87. The van der Waals surface area contributed by atoms with E-state index in [0.29, 0.717) is 32.9 Å². The van der Waals surface area contributed by atoms with Crippen LogP contribution >= 0.6 is 23.8 Å². The van der Waals surface area contributed by atoms with E-state index >= 15 is 0 Å². The van der Waals surface area contributed by atoms with Crippen LogP contribution in [0.2, 0.25) is 5.02 Å². The second-order valence-corrected chi connectivity index (χ2v) is 7.88. The Morgan fingerprint density at radius 3 is 2.47 bits per heavy atom. The molecule has 0 saturated heterocycles. The first-order chi connectivity index (χ1) is 15.5. The van der Waals surface area contributed by atoms with Crippen LogP contribution in [0, 0.1) is 0 Å². The lowest BCUT2D eigenvalue weighted by Crippen LogP contribution is -2.45. The summed E-state index contributed by atoms with van der Waals surface area (Å²) in [5, 5.41) is 7.40. The summed E-state index contributed by atoms with van der Waals surface area (Å²) in [7, 11) is 0. The van der Waals surface area contributed by atoms with Gasteiger partial charge in [-0.05, 0) is 66.7 Å². The van der Waals surface area contributed by atoms with Gasteiger partial charge in [0.15, 0.2) is 5.11 Å². The highest BCUT2D eigenvalue weighted by atomic mass is 35.5. The minimum absolute atomic E-state index is 0.265. The average Bonchev–Trinajstić information content (AvgIpc) is 2.81. The molecule has 0 aliphatic carbocycles. The predicted octanol–water partition coefficient (Wildman–Crippen LogP) is 5.63. The van der Waals surface area contributed by atoms with E-state index in [0.717, 1.165) is 11.1 Å². The van der Waals surface area contributed by atoms with E-state index in [9.17, 15) is 4.79 Å². The number of benzene rings is 3. The minimum atomic E-state index is -0.508. The largest absolute Gasteiger partial charge is 0.463 e. The van der Waals surface area contributed by atoms with Crippen LogP contribution in [-0.2, 0) is 9.53 Å². The summed E-state index contributed by atoms with van der Waals surface area (Å²) in [6, 6.07) is 23.7. The summed E-state index contributed by atoms with van der Waals surface area (Å²) in [5.41, 5.74) is 2.74. The van der Waals surface area contributed by atoms with Gasteiger partial charge >= 0.3 is 5.97 Å². The highest BCUT2D eigenvalue weighted by molar-refractivity contribution is 7.80. The first-order valence-electron chi connectivity index (χ1n) is 10.1. The Hall–Kier alpha value is -3.35. The zero-order chi connectivity index (χ0) is 22.5. The Morgan fingerprint density at radius 1 is 1.00 bits per heavy atom. The molecular formula is C25H21ClN2O3S. The summed E-state index contributed by atoms with van der Waals surface area (Å²) in [5.74, 6) is 0.870. The van der Waals surface area contributed by atoms with Crippen molar-refractivity contribution in [3.63, 3.8) is 0 Å². The highest BCUT2D eigenvalue weighted by Crippen LogP contribution is 2.34. The average molecular weight is 465 g/mol. The SMILES string of the molecule is CCOC(=O)C1=C(c2ccccc2)NC(=S)NC1c1cccc(Oc2ccc(Cl)cc2)c1. The molecule has 0 fully saturated rings. The normalized spacial score (nSPS) is 15.6. The van der Waals surface area contributed by atoms with Crippen molar-refractivity contribution in [3.05, 3.63) is 101 Å². The number of esters is 1. The van der Waals surface area contributed by atoms with Crippen LogP contribution in [0.4, 0.5) is 0 Å². The van der Waals surface area contributed by atoms with E-state index in [1.807, 2.05) is 54.6 Å². The molecule has 1 atom stereocenters. The van der Waals surface area contributed by atoms with E-state index in [1.165, 1.54) is 0 Å². The molecule has 3 aromatic carbocycles. The summed E-state index contributed by atoms with van der Waals surface area (Å²) in [4.78, 5) is 13.0. The Balaban J connectivity index is 1.75. The molecule has 1 heterocycles. The molecule has 32 heavy (non-hydrogen) atoms. The molecule has 7 heteroatoms. The number of nitrogens with one attached hydrogen (secondary N) is 2. The van der Waals surface area contributed by atoms with E-state index < -0.39 is 12.0 Å². The van der Waals surface area contributed by atoms with E-state index in [-0.39, 0.29) is 6.61 Å². The number of carbonyl (C=O) groups excluding carboxylic acids is 1. The minimum Gasteiger partial charge on any atom is -0.463 e. The molecular weight excluding hydrogens is 444 g/mol. The third kappa shape index (κ3) is 4.93. The lowest BCUT2D eigenvalue weighted by Gasteiger charge is -2.31.